The van der Waals surface area contributed by atoms with Gasteiger partial charge in [0.15, 0.2) is 0 Å². The van der Waals surface area contributed by atoms with Crippen LogP contribution in [0.15, 0.2) is 15.2 Å². The maximum Gasteiger partial charge on any atom is 0.241 e. The highest BCUT2D eigenvalue weighted by Crippen LogP contribution is 2.21. The Morgan fingerprint density at radius 2 is 2.19 bits per heavy atom. The number of hydrogen-bond donors (Lipinski definition) is 1. The van der Waals surface area contributed by atoms with E-state index in [9.17, 15) is 4.79 Å². The standard InChI is InChI=1S/C11H17BrN2OS/c1-11(2,10(15)14(3)4)13-6-8-5-9(12)16-7-8/h5,7,13H,6H2,1-4H3. The summed E-state index contributed by atoms with van der Waals surface area (Å²) in [6.45, 7) is 4.50. The molecule has 1 aromatic heterocycles. The van der Waals surface area contributed by atoms with Gasteiger partial charge in [0.25, 0.3) is 0 Å². The number of thiophene rings is 1. The first-order valence-corrected chi connectivity index (χ1v) is 6.70. The van der Waals surface area contributed by atoms with Crippen molar-refractivity contribution >= 4 is 33.2 Å². The lowest BCUT2D eigenvalue weighted by Crippen LogP contribution is -2.51. The molecule has 0 radical (unpaired) electrons. The predicted molar refractivity (Wildman–Crippen MR) is 71.6 cm³/mol. The van der Waals surface area contributed by atoms with Crippen molar-refractivity contribution in [3.8, 4) is 0 Å². The molecular formula is C11H17BrN2OS. The second kappa shape index (κ2) is 5.29. The second-order valence-corrected chi connectivity index (χ2v) is 6.73. The summed E-state index contributed by atoms with van der Waals surface area (Å²) in [4.78, 5) is 13.5. The van der Waals surface area contributed by atoms with Gasteiger partial charge in [-0.2, -0.15) is 0 Å². The molecule has 0 fully saturated rings. The van der Waals surface area contributed by atoms with Gasteiger partial charge in [0, 0.05) is 20.6 Å². The summed E-state index contributed by atoms with van der Waals surface area (Å²) in [6.07, 6.45) is 0. The van der Waals surface area contributed by atoms with Gasteiger partial charge in [-0.1, -0.05) is 0 Å². The van der Waals surface area contributed by atoms with Crippen LogP contribution in [0.1, 0.15) is 19.4 Å². The molecule has 0 atom stereocenters. The summed E-state index contributed by atoms with van der Waals surface area (Å²) in [5, 5.41) is 5.34. The van der Waals surface area contributed by atoms with Gasteiger partial charge in [-0.3, -0.25) is 10.1 Å². The Labute approximate surface area is 109 Å². The van der Waals surface area contributed by atoms with Crippen LogP contribution in [0.5, 0.6) is 0 Å². The lowest BCUT2D eigenvalue weighted by molar-refractivity contribution is -0.134. The fraction of sp³-hybridized carbons (Fsp3) is 0.545. The molecule has 0 saturated heterocycles. The second-order valence-electron chi connectivity index (χ2n) is 4.44. The van der Waals surface area contributed by atoms with Gasteiger partial charge in [-0.15, -0.1) is 11.3 Å². The molecule has 1 N–H and O–H groups in total. The van der Waals surface area contributed by atoms with Crippen molar-refractivity contribution < 1.29 is 4.79 Å². The van der Waals surface area contributed by atoms with E-state index >= 15 is 0 Å². The zero-order valence-electron chi connectivity index (χ0n) is 10.0. The van der Waals surface area contributed by atoms with Crippen LogP contribution in [0.4, 0.5) is 0 Å². The Bertz CT molecular complexity index is 374. The normalized spacial score (nSPS) is 11.6. The Kier molecular flexibility index (Phi) is 4.52. The highest BCUT2D eigenvalue weighted by atomic mass is 79.9. The number of carbonyl (C=O) groups excluding carboxylic acids is 1. The van der Waals surface area contributed by atoms with Crippen molar-refractivity contribution in [3.05, 3.63) is 20.8 Å². The molecule has 0 aliphatic rings. The molecule has 1 amide bonds. The summed E-state index contributed by atoms with van der Waals surface area (Å²) in [6, 6.07) is 2.06. The quantitative estimate of drug-likeness (QED) is 0.927. The summed E-state index contributed by atoms with van der Waals surface area (Å²) >= 11 is 5.07. The zero-order chi connectivity index (χ0) is 12.3. The van der Waals surface area contributed by atoms with E-state index in [1.54, 1.807) is 30.3 Å². The SMILES string of the molecule is CN(C)C(=O)C(C)(C)NCc1csc(Br)c1. The minimum absolute atomic E-state index is 0.0850. The van der Waals surface area contributed by atoms with Gasteiger partial charge in [0.2, 0.25) is 5.91 Å². The molecule has 90 valence electrons. The highest BCUT2D eigenvalue weighted by molar-refractivity contribution is 9.11. The lowest BCUT2D eigenvalue weighted by atomic mass is 10.0. The van der Waals surface area contributed by atoms with Gasteiger partial charge >= 0.3 is 0 Å². The number of nitrogens with zero attached hydrogens (tertiary/aromatic N) is 1. The molecule has 1 heterocycles. The summed E-state index contributed by atoms with van der Waals surface area (Å²) in [5.41, 5.74) is 0.661. The molecule has 0 saturated carbocycles. The molecule has 0 aliphatic heterocycles. The van der Waals surface area contributed by atoms with Crippen LogP contribution < -0.4 is 5.32 Å². The minimum Gasteiger partial charge on any atom is -0.347 e. The van der Waals surface area contributed by atoms with E-state index < -0.39 is 5.54 Å². The molecule has 0 bridgehead atoms. The molecule has 0 aliphatic carbocycles. The molecule has 5 heteroatoms. The average molecular weight is 305 g/mol. The van der Waals surface area contributed by atoms with Gasteiger partial charge < -0.3 is 4.90 Å². The van der Waals surface area contributed by atoms with Crippen LogP contribution in [-0.4, -0.2) is 30.4 Å². The van der Waals surface area contributed by atoms with Crippen LogP contribution in [0.3, 0.4) is 0 Å². The molecule has 0 spiro atoms. The third kappa shape index (κ3) is 3.57. The number of halogens is 1. The highest BCUT2D eigenvalue weighted by Gasteiger charge is 2.28. The van der Waals surface area contributed by atoms with E-state index in [1.165, 1.54) is 5.56 Å². The Hall–Kier alpha value is -0.390. The molecular weight excluding hydrogens is 288 g/mol. The first-order chi connectivity index (χ1) is 7.33. The van der Waals surface area contributed by atoms with Crippen molar-refractivity contribution in [2.45, 2.75) is 25.9 Å². The number of amides is 1. The summed E-state index contributed by atoms with van der Waals surface area (Å²) in [5.74, 6) is 0.0850. The third-order valence-electron chi connectivity index (χ3n) is 2.30. The van der Waals surface area contributed by atoms with Crippen LogP contribution in [0, 0.1) is 0 Å². The van der Waals surface area contributed by atoms with E-state index in [0.717, 1.165) is 3.79 Å². The van der Waals surface area contributed by atoms with Crippen LogP contribution in [0.25, 0.3) is 0 Å². The molecule has 1 rings (SSSR count). The molecule has 0 aromatic carbocycles. The monoisotopic (exact) mass is 304 g/mol. The fourth-order valence-corrected chi connectivity index (χ4v) is 2.61. The third-order valence-corrected chi connectivity index (χ3v) is 3.85. The van der Waals surface area contributed by atoms with Gasteiger partial charge in [0.05, 0.1) is 9.33 Å². The largest absolute Gasteiger partial charge is 0.347 e. The fourth-order valence-electron chi connectivity index (χ4n) is 1.40. The van der Waals surface area contributed by atoms with E-state index in [2.05, 4.69) is 32.7 Å². The first kappa shape index (κ1) is 13.7. The smallest absolute Gasteiger partial charge is 0.241 e. The van der Waals surface area contributed by atoms with Crippen molar-refractivity contribution in [3.63, 3.8) is 0 Å². The maximum absolute atomic E-state index is 11.8. The number of hydrogen-bond acceptors (Lipinski definition) is 3. The molecule has 3 nitrogen and oxygen atoms in total. The average Bonchev–Trinajstić information content (AvgIpc) is 2.60. The molecule has 1 aromatic rings. The van der Waals surface area contributed by atoms with E-state index in [-0.39, 0.29) is 5.91 Å². The Morgan fingerprint density at radius 3 is 2.62 bits per heavy atom. The van der Waals surface area contributed by atoms with E-state index in [0.29, 0.717) is 6.54 Å². The zero-order valence-corrected chi connectivity index (χ0v) is 12.4. The van der Waals surface area contributed by atoms with E-state index in [1.807, 2.05) is 13.8 Å². The van der Waals surface area contributed by atoms with Crippen molar-refractivity contribution in [2.24, 2.45) is 0 Å². The van der Waals surface area contributed by atoms with Crippen molar-refractivity contribution in [1.82, 2.24) is 10.2 Å². The predicted octanol–water partition coefficient (Wildman–Crippen LogP) is 2.47. The van der Waals surface area contributed by atoms with Crippen molar-refractivity contribution in [1.29, 1.82) is 0 Å². The number of nitrogens with one attached hydrogen (secondary N) is 1. The molecule has 0 unspecified atom stereocenters. The van der Waals surface area contributed by atoms with Crippen molar-refractivity contribution in [2.75, 3.05) is 14.1 Å². The maximum atomic E-state index is 11.8. The first-order valence-electron chi connectivity index (χ1n) is 5.02. The number of carbonyl (C=O) groups is 1. The minimum atomic E-state index is -0.530. The topological polar surface area (TPSA) is 32.3 Å². The van der Waals surface area contributed by atoms with Gasteiger partial charge in [0.1, 0.15) is 0 Å². The number of likely N-dealkylation sites (N-methyl/N-ethyl adjacent to an activating group) is 1. The van der Waals surface area contributed by atoms with Gasteiger partial charge in [-0.05, 0) is 46.8 Å². The van der Waals surface area contributed by atoms with Crippen LogP contribution in [-0.2, 0) is 11.3 Å². The molecule has 16 heavy (non-hydrogen) atoms. The van der Waals surface area contributed by atoms with E-state index in [4.69, 9.17) is 0 Å². The Balaban J connectivity index is 2.57. The van der Waals surface area contributed by atoms with Crippen LogP contribution in [0.2, 0.25) is 0 Å². The van der Waals surface area contributed by atoms with Gasteiger partial charge in [-0.25, -0.2) is 0 Å². The number of rotatable bonds is 4. The summed E-state index contributed by atoms with van der Waals surface area (Å²) < 4.78 is 1.11. The lowest BCUT2D eigenvalue weighted by Gasteiger charge is -2.28. The van der Waals surface area contributed by atoms with Crippen LogP contribution >= 0.6 is 27.3 Å². The summed E-state index contributed by atoms with van der Waals surface area (Å²) in [7, 11) is 3.54. The Morgan fingerprint density at radius 1 is 1.56 bits per heavy atom.